The predicted octanol–water partition coefficient (Wildman–Crippen LogP) is 3.78. The monoisotopic (exact) mass is 469 g/mol. The molecule has 4 rings (SSSR count). The van der Waals surface area contributed by atoms with E-state index in [4.69, 9.17) is 9.47 Å². The first kappa shape index (κ1) is 23.0. The lowest BCUT2D eigenvalue weighted by atomic mass is 10.0. The number of esters is 1. The van der Waals surface area contributed by atoms with Crippen molar-refractivity contribution in [2.75, 3.05) is 25.6 Å². The third-order valence-corrected chi connectivity index (χ3v) is 7.43. The highest BCUT2D eigenvalue weighted by molar-refractivity contribution is 7.90. The minimum absolute atomic E-state index is 0.0665. The fourth-order valence-corrected chi connectivity index (χ4v) is 5.18. The maximum absolute atomic E-state index is 13.4. The second kappa shape index (κ2) is 9.36. The van der Waals surface area contributed by atoms with E-state index in [2.05, 4.69) is 10.3 Å². The van der Waals surface area contributed by atoms with Crippen LogP contribution in [0.2, 0.25) is 0 Å². The van der Waals surface area contributed by atoms with Crippen molar-refractivity contribution in [3.8, 4) is 11.1 Å². The van der Waals surface area contributed by atoms with Crippen LogP contribution in [0.25, 0.3) is 11.1 Å². The molecule has 0 atom stereocenters. The smallest absolute Gasteiger partial charge is 0.355 e. The molecule has 1 fully saturated rings. The van der Waals surface area contributed by atoms with Crippen LogP contribution in [-0.2, 0) is 19.5 Å². The van der Waals surface area contributed by atoms with E-state index in [-0.39, 0.29) is 16.6 Å². The van der Waals surface area contributed by atoms with E-state index < -0.39 is 16.0 Å². The zero-order valence-electron chi connectivity index (χ0n) is 18.9. The highest BCUT2D eigenvalue weighted by Gasteiger charge is 2.26. The zero-order valence-corrected chi connectivity index (χ0v) is 19.7. The van der Waals surface area contributed by atoms with Crippen molar-refractivity contribution in [3.63, 3.8) is 0 Å². The van der Waals surface area contributed by atoms with Gasteiger partial charge in [0.05, 0.1) is 12.0 Å². The Hall–Kier alpha value is -3.17. The highest BCUT2D eigenvalue weighted by Crippen LogP contribution is 2.30. The molecule has 0 saturated carbocycles. The summed E-state index contributed by atoms with van der Waals surface area (Å²) in [5.74, 6) is -0.0412. The summed E-state index contributed by atoms with van der Waals surface area (Å²) >= 11 is 0. The Morgan fingerprint density at radius 2 is 1.85 bits per heavy atom. The third-order valence-electron chi connectivity index (χ3n) is 5.75. The number of pyridine rings is 1. The van der Waals surface area contributed by atoms with Gasteiger partial charge in [0.1, 0.15) is 11.5 Å². The van der Waals surface area contributed by atoms with Gasteiger partial charge in [0.25, 0.3) is 10.0 Å². The molecule has 0 radical (unpaired) electrons. The molecule has 0 amide bonds. The first-order chi connectivity index (χ1) is 15.8. The number of aryl methyl sites for hydroxylation is 2. The molecule has 2 aromatic heterocycles. The van der Waals surface area contributed by atoms with E-state index in [0.717, 1.165) is 33.5 Å². The van der Waals surface area contributed by atoms with Crippen molar-refractivity contribution < 1.29 is 22.7 Å². The number of rotatable bonds is 6. The van der Waals surface area contributed by atoms with Crippen molar-refractivity contribution in [1.82, 2.24) is 8.96 Å². The van der Waals surface area contributed by atoms with Crippen molar-refractivity contribution in [1.29, 1.82) is 0 Å². The summed E-state index contributed by atoms with van der Waals surface area (Å²) in [5, 5.41) is 3.43. The van der Waals surface area contributed by atoms with E-state index in [9.17, 15) is 13.2 Å². The van der Waals surface area contributed by atoms with Crippen LogP contribution >= 0.6 is 0 Å². The van der Waals surface area contributed by atoms with Gasteiger partial charge in [0, 0.05) is 37.2 Å². The Bertz CT molecular complexity index is 1260. The lowest BCUT2D eigenvalue weighted by Crippen LogP contribution is -2.28. The first-order valence-corrected chi connectivity index (χ1v) is 12.2. The average Bonchev–Trinajstić information content (AvgIpc) is 3.27. The Morgan fingerprint density at radius 3 is 2.52 bits per heavy atom. The van der Waals surface area contributed by atoms with Crippen molar-refractivity contribution in [2.24, 2.45) is 0 Å². The molecule has 3 heterocycles. The Morgan fingerprint density at radius 1 is 1.15 bits per heavy atom. The Balaban J connectivity index is 1.76. The molecule has 1 aliphatic rings. The molecule has 1 saturated heterocycles. The van der Waals surface area contributed by atoms with Gasteiger partial charge in [-0.05, 0) is 62.1 Å². The number of nitrogens with zero attached hydrogens (tertiary/aromatic N) is 2. The number of ether oxygens (including phenoxy) is 2. The lowest BCUT2D eigenvalue weighted by molar-refractivity contribution is 0.0593. The molecule has 1 N–H and O–H groups in total. The number of carbonyl (C=O) groups is 1. The van der Waals surface area contributed by atoms with Gasteiger partial charge in [-0.15, -0.1) is 0 Å². The molecular formula is C24H27N3O5S. The van der Waals surface area contributed by atoms with E-state index >= 15 is 0 Å². The van der Waals surface area contributed by atoms with E-state index in [1.54, 1.807) is 18.3 Å². The summed E-state index contributed by atoms with van der Waals surface area (Å²) in [7, 11) is -2.78. The topological polar surface area (TPSA) is 99.5 Å². The minimum atomic E-state index is -4.00. The fourth-order valence-electron chi connectivity index (χ4n) is 3.83. The van der Waals surface area contributed by atoms with Crippen LogP contribution in [0.5, 0.6) is 0 Å². The number of anilines is 1. The molecule has 8 nitrogen and oxygen atoms in total. The van der Waals surface area contributed by atoms with Crippen molar-refractivity contribution >= 4 is 21.8 Å². The van der Waals surface area contributed by atoms with Gasteiger partial charge in [0.15, 0.2) is 0 Å². The average molecular weight is 470 g/mol. The van der Waals surface area contributed by atoms with Crippen LogP contribution in [0.1, 0.15) is 34.5 Å². The minimum Gasteiger partial charge on any atom is -0.464 e. The van der Waals surface area contributed by atoms with Gasteiger partial charge in [-0.1, -0.05) is 17.7 Å². The number of carbonyl (C=O) groups excluding carboxylic acids is 1. The summed E-state index contributed by atoms with van der Waals surface area (Å²) in [5.41, 5.74) is 3.09. The first-order valence-electron chi connectivity index (χ1n) is 10.7. The highest BCUT2D eigenvalue weighted by atomic mass is 32.2. The van der Waals surface area contributed by atoms with Crippen LogP contribution in [0.4, 0.5) is 5.82 Å². The number of nitrogens with one attached hydrogen (secondary N) is 1. The van der Waals surface area contributed by atoms with Crippen LogP contribution in [0.3, 0.4) is 0 Å². The number of methoxy groups -OCH3 is 1. The third kappa shape index (κ3) is 4.79. The molecule has 33 heavy (non-hydrogen) atoms. The normalized spacial score (nSPS) is 14.8. The van der Waals surface area contributed by atoms with Gasteiger partial charge in [-0.3, -0.25) is 0 Å². The number of benzene rings is 1. The van der Waals surface area contributed by atoms with Gasteiger partial charge < -0.3 is 14.8 Å². The van der Waals surface area contributed by atoms with Gasteiger partial charge in [0.2, 0.25) is 0 Å². The zero-order chi connectivity index (χ0) is 23.6. The van der Waals surface area contributed by atoms with Crippen LogP contribution < -0.4 is 5.32 Å². The maximum atomic E-state index is 13.4. The number of hydrogen-bond acceptors (Lipinski definition) is 7. The Kier molecular flexibility index (Phi) is 6.53. The van der Waals surface area contributed by atoms with E-state index in [1.807, 2.05) is 19.9 Å². The molecule has 0 spiro atoms. The standard InChI is InChI=1S/C24H27N3O5S/c1-16-4-6-20(7-5-16)33(29,30)27-15-18(12-22(27)24(28)31-3)21-13-23(25-14-17(21)2)26-19-8-10-32-11-9-19/h4-7,12-15,19H,8-11H2,1-3H3,(H,25,26). The summed E-state index contributed by atoms with van der Waals surface area (Å²) < 4.78 is 38.0. The molecule has 9 heteroatoms. The SMILES string of the molecule is COC(=O)c1cc(-c2cc(NC3CCOCC3)ncc2C)cn1S(=O)(=O)c1ccc(C)cc1. The number of aromatic nitrogens is 2. The largest absolute Gasteiger partial charge is 0.464 e. The molecule has 1 aliphatic heterocycles. The van der Waals surface area contributed by atoms with Crippen molar-refractivity contribution in [2.45, 2.75) is 37.6 Å². The van der Waals surface area contributed by atoms with Crippen LogP contribution in [-0.4, -0.2) is 49.7 Å². The second-order valence-corrected chi connectivity index (χ2v) is 9.95. The molecule has 1 aromatic carbocycles. The van der Waals surface area contributed by atoms with E-state index in [0.29, 0.717) is 24.6 Å². The summed E-state index contributed by atoms with van der Waals surface area (Å²) in [4.78, 5) is 17.0. The molecule has 0 unspecified atom stereocenters. The molecule has 0 bridgehead atoms. The van der Waals surface area contributed by atoms with Crippen LogP contribution in [0.15, 0.2) is 53.7 Å². The quantitative estimate of drug-likeness (QED) is 0.549. The summed E-state index contributed by atoms with van der Waals surface area (Å²) in [6, 6.07) is 10.2. The Labute approximate surface area is 193 Å². The predicted molar refractivity (Wildman–Crippen MR) is 125 cm³/mol. The molecule has 0 aliphatic carbocycles. The van der Waals surface area contributed by atoms with Crippen molar-refractivity contribution in [3.05, 3.63) is 65.6 Å². The molecule has 3 aromatic rings. The second-order valence-electron chi connectivity index (χ2n) is 8.13. The maximum Gasteiger partial charge on any atom is 0.355 e. The lowest BCUT2D eigenvalue weighted by Gasteiger charge is -2.24. The summed E-state index contributed by atoms with van der Waals surface area (Å²) in [6.07, 6.45) is 4.98. The fraction of sp³-hybridized carbons (Fsp3) is 0.333. The van der Waals surface area contributed by atoms with E-state index in [1.165, 1.54) is 31.5 Å². The van der Waals surface area contributed by atoms with Gasteiger partial charge in [-0.25, -0.2) is 22.2 Å². The molecular weight excluding hydrogens is 442 g/mol. The van der Waals surface area contributed by atoms with Gasteiger partial charge in [-0.2, -0.15) is 0 Å². The molecule has 174 valence electrons. The number of hydrogen-bond donors (Lipinski definition) is 1. The van der Waals surface area contributed by atoms with Crippen LogP contribution in [0, 0.1) is 13.8 Å². The van der Waals surface area contributed by atoms with Gasteiger partial charge >= 0.3 is 5.97 Å². The summed E-state index contributed by atoms with van der Waals surface area (Å²) in [6.45, 7) is 5.18.